The summed E-state index contributed by atoms with van der Waals surface area (Å²) in [7, 11) is 3.97. The molecule has 0 amide bonds. The number of hydrogen-bond donors (Lipinski definition) is 1. The van der Waals surface area contributed by atoms with Gasteiger partial charge in [0.2, 0.25) is 0 Å². The van der Waals surface area contributed by atoms with E-state index in [0.717, 1.165) is 16.1 Å². The number of carbonyl (C=O) groups is 1. The van der Waals surface area contributed by atoms with E-state index >= 15 is 0 Å². The van der Waals surface area contributed by atoms with E-state index in [0.29, 0.717) is 5.69 Å². The molecular weight excluding hydrogens is 248 g/mol. The lowest BCUT2D eigenvalue weighted by atomic mass is 10.1. The largest absolute Gasteiger partial charge is 0.481 e. The topological polar surface area (TPSA) is 53.4 Å². The summed E-state index contributed by atoms with van der Waals surface area (Å²) in [5.41, 5.74) is 4.44. The maximum atomic E-state index is 10.8. The number of carboxylic acids is 1. The highest BCUT2D eigenvalue weighted by atomic mass is 32.1. The summed E-state index contributed by atoms with van der Waals surface area (Å²) in [5.74, 6) is -0.855. The Balaban J connectivity index is 2.31. The van der Waals surface area contributed by atoms with E-state index in [4.69, 9.17) is 5.11 Å². The lowest BCUT2D eigenvalue weighted by Gasteiger charge is -2.12. The van der Waals surface area contributed by atoms with Gasteiger partial charge in [0.15, 0.2) is 0 Å². The van der Waals surface area contributed by atoms with E-state index in [1.54, 1.807) is 5.51 Å². The molecule has 1 N–H and O–H groups in total. The molecule has 5 heteroatoms. The Morgan fingerprint density at radius 3 is 2.56 bits per heavy atom. The zero-order valence-corrected chi connectivity index (χ0v) is 11.1. The maximum absolute atomic E-state index is 10.8. The monoisotopic (exact) mass is 262 g/mol. The van der Waals surface area contributed by atoms with Gasteiger partial charge in [-0.2, -0.15) is 0 Å². The van der Waals surface area contributed by atoms with Gasteiger partial charge in [-0.15, -0.1) is 11.3 Å². The van der Waals surface area contributed by atoms with Crippen molar-refractivity contribution >= 4 is 23.0 Å². The van der Waals surface area contributed by atoms with Gasteiger partial charge >= 0.3 is 5.97 Å². The standard InChI is InChI=1S/C13H14N2O2S/c1-15(2)10-5-3-9(4-6-10)13-11(7-12(16)17)14-8-18-13/h3-6,8H,7H2,1-2H3,(H,16,17). The van der Waals surface area contributed by atoms with E-state index in [9.17, 15) is 4.79 Å². The molecular formula is C13H14N2O2S. The van der Waals surface area contributed by atoms with Crippen LogP contribution >= 0.6 is 11.3 Å². The second kappa shape index (κ2) is 5.18. The molecule has 18 heavy (non-hydrogen) atoms. The predicted octanol–water partition coefficient (Wildman–Crippen LogP) is 2.50. The molecule has 0 saturated heterocycles. The average Bonchev–Trinajstić information content (AvgIpc) is 2.76. The van der Waals surface area contributed by atoms with E-state index < -0.39 is 5.97 Å². The van der Waals surface area contributed by atoms with Gasteiger partial charge in [0.05, 0.1) is 22.5 Å². The molecule has 0 aliphatic heterocycles. The van der Waals surface area contributed by atoms with Gasteiger partial charge in [-0.3, -0.25) is 4.79 Å². The number of rotatable bonds is 4. The minimum Gasteiger partial charge on any atom is -0.481 e. The van der Waals surface area contributed by atoms with Crippen LogP contribution in [0.4, 0.5) is 5.69 Å². The highest BCUT2D eigenvalue weighted by Crippen LogP contribution is 2.29. The Morgan fingerprint density at radius 2 is 2.00 bits per heavy atom. The summed E-state index contributed by atoms with van der Waals surface area (Å²) in [6.45, 7) is 0. The SMILES string of the molecule is CN(C)c1ccc(-c2scnc2CC(=O)O)cc1. The molecule has 2 rings (SSSR count). The number of aliphatic carboxylic acids is 1. The van der Waals surface area contributed by atoms with Crippen molar-refractivity contribution in [1.82, 2.24) is 4.98 Å². The fraction of sp³-hybridized carbons (Fsp3) is 0.231. The summed E-state index contributed by atoms with van der Waals surface area (Å²) < 4.78 is 0. The van der Waals surface area contributed by atoms with Gasteiger partial charge in [0.1, 0.15) is 0 Å². The molecule has 0 aliphatic carbocycles. The van der Waals surface area contributed by atoms with Crippen molar-refractivity contribution in [2.45, 2.75) is 6.42 Å². The molecule has 2 aromatic rings. The van der Waals surface area contributed by atoms with Crippen molar-refractivity contribution in [1.29, 1.82) is 0 Å². The summed E-state index contributed by atoms with van der Waals surface area (Å²) in [6, 6.07) is 8.02. The van der Waals surface area contributed by atoms with Gasteiger partial charge in [-0.25, -0.2) is 4.98 Å². The van der Waals surface area contributed by atoms with Crippen molar-refractivity contribution in [3.8, 4) is 10.4 Å². The van der Waals surface area contributed by atoms with Crippen LogP contribution in [0.1, 0.15) is 5.69 Å². The third-order valence-electron chi connectivity index (χ3n) is 2.61. The summed E-state index contributed by atoms with van der Waals surface area (Å²) in [5, 5.41) is 8.83. The van der Waals surface area contributed by atoms with E-state index in [-0.39, 0.29) is 6.42 Å². The van der Waals surface area contributed by atoms with Crippen LogP contribution in [-0.4, -0.2) is 30.2 Å². The highest BCUT2D eigenvalue weighted by Gasteiger charge is 2.11. The normalized spacial score (nSPS) is 10.3. The van der Waals surface area contributed by atoms with Crippen molar-refractivity contribution in [3.05, 3.63) is 35.5 Å². The Kier molecular flexibility index (Phi) is 3.62. The summed E-state index contributed by atoms with van der Waals surface area (Å²) >= 11 is 1.47. The molecule has 1 aromatic heterocycles. The van der Waals surface area contributed by atoms with Crippen LogP contribution in [0.3, 0.4) is 0 Å². The molecule has 0 unspecified atom stereocenters. The lowest BCUT2D eigenvalue weighted by Crippen LogP contribution is -2.08. The van der Waals surface area contributed by atoms with E-state index in [1.807, 2.05) is 43.3 Å². The van der Waals surface area contributed by atoms with Gasteiger partial charge < -0.3 is 10.0 Å². The minimum atomic E-state index is -0.855. The molecule has 0 bridgehead atoms. The minimum absolute atomic E-state index is 0.0335. The van der Waals surface area contributed by atoms with Crippen LogP contribution in [0.2, 0.25) is 0 Å². The second-order valence-electron chi connectivity index (χ2n) is 4.14. The first kappa shape index (κ1) is 12.6. The quantitative estimate of drug-likeness (QED) is 0.919. The third kappa shape index (κ3) is 2.68. The molecule has 0 aliphatic rings. The zero-order chi connectivity index (χ0) is 13.1. The molecule has 94 valence electrons. The van der Waals surface area contributed by atoms with Crippen LogP contribution in [0.5, 0.6) is 0 Å². The fourth-order valence-corrected chi connectivity index (χ4v) is 2.50. The lowest BCUT2D eigenvalue weighted by molar-refractivity contribution is -0.136. The smallest absolute Gasteiger partial charge is 0.309 e. The number of nitrogens with zero attached hydrogens (tertiary/aromatic N) is 2. The van der Waals surface area contributed by atoms with Gasteiger partial charge in [-0.05, 0) is 17.7 Å². The first-order valence-electron chi connectivity index (χ1n) is 5.50. The van der Waals surface area contributed by atoms with Gasteiger partial charge in [0.25, 0.3) is 0 Å². The highest BCUT2D eigenvalue weighted by molar-refractivity contribution is 7.13. The molecule has 0 radical (unpaired) electrons. The Morgan fingerprint density at radius 1 is 1.33 bits per heavy atom. The molecule has 0 fully saturated rings. The molecule has 4 nitrogen and oxygen atoms in total. The van der Waals surface area contributed by atoms with Crippen LogP contribution < -0.4 is 4.90 Å². The predicted molar refractivity (Wildman–Crippen MR) is 73.2 cm³/mol. The molecule has 0 atom stereocenters. The van der Waals surface area contributed by atoms with Crippen LogP contribution in [-0.2, 0) is 11.2 Å². The first-order valence-corrected chi connectivity index (χ1v) is 6.38. The first-order chi connectivity index (χ1) is 8.58. The Labute approximate surface area is 110 Å². The number of hydrogen-bond acceptors (Lipinski definition) is 4. The summed E-state index contributed by atoms with van der Waals surface area (Å²) in [4.78, 5) is 17.8. The number of thiazole rings is 1. The molecule has 0 spiro atoms. The Hall–Kier alpha value is -1.88. The molecule has 0 saturated carbocycles. The van der Waals surface area contributed by atoms with Crippen LogP contribution in [0.25, 0.3) is 10.4 Å². The van der Waals surface area contributed by atoms with E-state index in [1.165, 1.54) is 11.3 Å². The number of benzene rings is 1. The fourth-order valence-electron chi connectivity index (χ4n) is 1.68. The van der Waals surface area contributed by atoms with Crippen molar-refractivity contribution in [2.75, 3.05) is 19.0 Å². The van der Waals surface area contributed by atoms with Crippen molar-refractivity contribution < 1.29 is 9.90 Å². The van der Waals surface area contributed by atoms with E-state index in [2.05, 4.69) is 4.98 Å². The van der Waals surface area contributed by atoms with Gasteiger partial charge in [-0.1, -0.05) is 12.1 Å². The maximum Gasteiger partial charge on any atom is 0.309 e. The number of carboxylic acid groups (broad SMARTS) is 1. The molecule has 1 heterocycles. The van der Waals surface area contributed by atoms with Crippen LogP contribution in [0, 0.1) is 0 Å². The third-order valence-corrected chi connectivity index (χ3v) is 3.52. The molecule has 1 aromatic carbocycles. The number of anilines is 1. The van der Waals surface area contributed by atoms with Crippen LogP contribution in [0.15, 0.2) is 29.8 Å². The van der Waals surface area contributed by atoms with Gasteiger partial charge in [0, 0.05) is 19.8 Å². The second-order valence-corrected chi connectivity index (χ2v) is 4.99. The summed E-state index contributed by atoms with van der Waals surface area (Å²) in [6.07, 6.45) is -0.0335. The van der Waals surface area contributed by atoms with Crippen molar-refractivity contribution in [2.24, 2.45) is 0 Å². The van der Waals surface area contributed by atoms with Crippen molar-refractivity contribution in [3.63, 3.8) is 0 Å². The zero-order valence-electron chi connectivity index (χ0n) is 10.3. The number of aromatic nitrogens is 1. The average molecular weight is 262 g/mol. The Bertz CT molecular complexity index is 546.